The van der Waals surface area contributed by atoms with Gasteiger partial charge in [-0.3, -0.25) is 4.79 Å². The number of H-pyrrole nitrogens is 1. The van der Waals surface area contributed by atoms with Crippen molar-refractivity contribution in [2.24, 2.45) is 5.92 Å². The number of rotatable bonds is 3. The summed E-state index contributed by atoms with van der Waals surface area (Å²) < 4.78 is 0. The van der Waals surface area contributed by atoms with Gasteiger partial charge in [0.25, 0.3) is 0 Å². The van der Waals surface area contributed by atoms with Crippen LogP contribution in [0.25, 0.3) is 10.9 Å². The van der Waals surface area contributed by atoms with Crippen LogP contribution in [0.1, 0.15) is 29.6 Å². The van der Waals surface area contributed by atoms with E-state index in [-0.39, 0.29) is 5.78 Å². The molecule has 16 heavy (non-hydrogen) atoms. The molecule has 1 aliphatic carbocycles. The summed E-state index contributed by atoms with van der Waals surface area (Å²) in [6, 6.07) is 5.65. The van der Waals surface area contributed by atoms with Crippen molar-refractivity contribution in [3.05, 3.63) is 35.0 Å². The van der Waals surface area contributed by atoms with E-state index >= 15 is 0 Å². The van der Waals surface area contributed by atoms with Gasteiger partial charge in [0.1, 0.15) is 0 Å². The second kappa shape index (κ2) is 3.63. The molecular formula is C13H12ClNO. The van der Waals surface area contributed by atoms with E-state index in [1.165, 1.54) is 12.8 Å². The molecule has 82 valence electrons. The summed E-state index contributed by atoms with van der Waals surface area (Å²) >= 11 is 6.05. The Morgan fingerprint density at radius 2 is 2.25 bits per heavy atom. The van der Waals surface area contributed by atoms with E-state index in [0.717, 1.165) is 16.5 Å². The van der Waals surface area contributed by atoms with E-state index in [1.807, 2.05) is 18.2 Å². The van der Waals surface area contributed by atoms with Crippen LogP contribution >= 0.6 is 11.6 Å². The van der Waals surface area contributed by atoms with Gasteiger partial charge in [-0.25, -0.2) is 0 Å². The third kappa shape index (κ3) is 1.63. The minimum Gasteiger partial charge on any atom is -0.359 e. The van der Waals surface area contributed by atoms with Gasteiger partial charge in [-0.15, -0.1) is 0 Å². The first-order valence-electron chi connectivity index (χ1n) is 5.54. The van der Waals surface area contributed by atoms with Crippen molar-refractivity contribution in [3.63, 3.8) is 0 Å². The zero-order valence-corrected chi connectivity index (χ0v) is 9.55. The predicted molar refractivity (Wildman–Crippen MR) is 65.0 cm³/mol. The average molecular weight is 234 g/mol. The number of aromatic amines is 1. The molecule has 3 rings (SSSR count). The van der Waals surface area contributed by atoms with E-state index in [2.05, 4.69) is 4.98 Å². The van der Waals surface area contributed by atoms with Crippen molar-refractivity contribution >= 4 is 28.3 Å². The molecule has 0 spiro atoms. The monoisotopic (exact) mass is 233 g/mol. The van der Waals surface area contributed by atoms with Crippen LogP contribution in [0.2, 0.25) is 5.02 Å². The molecule has 1 fully saturated rings. The number of hydrogen-bond donors (Lipinski definition) is 1. The fraction of sp³-hybridized carbons (Fsp3) is 0.308. The summed E-state index contributed by atoms with van der Waals surface area (Å²) in [7, 11) is 0. The van der Waals surface area contributed by atoms with Crippen LogP contribution in [0.5, 0.6) is 0 Å². The van der Waals surface area contributed by atoms with Crippen molar-refractivity contribution in [1.29, 1.82) is 0 Å². The number of para-hydroxylation sites is 1. The SMILES string of the molecule is O=C(CC1CC1)c1c[nH]c2c(Cl)cccc12. The summed E-state index contributed by atoms with van der Waals surface area (Å²) in [5.41, 5.74) is 1.65. The highest BCUT2D eigenvalue weighted by Crippen LogP contribution is 2.35. The summed E-state index contributed by atoms with van der Waals surface area (Å²) in [4.78, 5) is 15.1. The van der Waals surface area contributed by atoms with Gasteiger partial charge in [-0.2, -0.15) is 0 Å². The molecule has 0 bridgehead atoms. The van der Waals surface area contributed by atoms with Gasteiger partial charge in [-0.1, -0.05) is 23.7 Å². The molecule has 0 radical (unpaired) electrons. The molecule has 0 aliphatic heterocycles. The second-order valence-electron chi connectivity index (χ2n) is 4.44. The maximum Gasteiger partial charge on any atom is 0.165 e. The van der Waals surface area contributed by atoms with Gasteiger partial charge < -0.3 is 4.98 Å². The van der Waals surface area contributed by atoms with Gasteiger partial charge in [0.15, 0.2) is 5.78 Å². The average Bonchev–Trinajstić information content (AvgIpc) is 2.96. The van der Waals surface area contributed by atoms with Crippen LogP contribution in [0.15, 0.2) is 24.4 Å². The van der Waals surface area contributed by atoms with Crippen LogP contribution < -0.4 is 0 Å². The Hall–Kier alpha value is -1.28. The second-order valence-corrected chi connectivity index (χ2v) is 4.84. The molecule has 0 saturated heterocycles. The predicted octanol–water partition coefficient (Wildman–Crippen LogP) is 3.80. The maximum absolute atomic E-state index is 12.0. The molecule has 0 amide bonds. The highest BCUT2D eigenvalue weighted by Gasteiger charge is 2.26. The zero-order valence-electron chi connectivity index (χ0n) is 8.79. The summed E-state index contributed by atoms with van der Waals surface area (Å²) in [5.74, 6) is 0.854. The van der Waals surface area contributed by atoms with Crippen molar-refractivity contribution in [2.75, 3.05) is 0 Å². The molecule has 1 aromatic heterocycles. The number of hydrogen-bond acceptors (Lipinski definition) is 1. The number of fused-ring (bicyclic) bond motifs is 1. The normalized spacial score (nSPS) is 15.6. The number of nitrogens with one attached hydrogen (secondary N) is 1. The Morgan fingerprint density at radius 3 is 3.00 bits per heavy atom. The number of ketones is 1. The first kappa shape index (κ1) is 9.91. The summed E-state index contributed by atoms with van der Waals surface area (Å²) in [6.45, 7) is 0. The Morgan fingerprint density at radius 1 is 1.44 bits per heavy atom. The maximum atomic E-state index is 12.0. The van der Waals surface area contributed by atoms with Crippen molar-refractivity contribution in [2.45, 2.75) is 19.3 Å². The van der Waals surface area contributed by atoms with Crippen molar-refractivity contribution in [1.82, 2.24) is 4.98 Å². The molecule has 1 N–H and O–H groups in total. The Balaban J connectivity index is 2.02. The molecule has 1 heterocycles. The van der Waals surface area contributed by atoms with Crippen molar-refractivity contribution < 1.29 is 4.79 Å². The molecule has 1 aromatic carbocycles. The number of Topliss-reactive ketones (excluding diaryl/α,β-unsaturated/α-hetero) is 1. The van der Waals surface area contributed by atoms with Gasteiger partial charge in [0.05, 0.1) is 10.5 Å². The third-order valence-electron chi connectivity index (χ3n) is 3.14. The molecule has 2 aromatic rings. The molecule has 0 unspecified atom stereocenters. The van der Waals surface area contributed by atoms with Gasteiger partial charge in [-0.05, 0) is 24.8 Å². The van der Waals surface area contributed by atoms with Crippen LogP contribution in [-0.2, 0) is 0 Å². The molecule has 2 nitrogen and oxygen atoms in total. The highest BCUT2D eigenvalue weighted by molar-refractivity contribution is 6.35. The third-order valence-corrected chi connectivity index (χ3v) is 3.45. The van der Waals surface area contributed by atoms with E-state index in [0.29, 0.717) is 17.4 Å². The largest absolute Gasteiger partial charge is 0.359 e. The molecule has 3 heteroatoms. The number of benzene rings is 1. The van der Waals surface area contributed by atoms with E-state index in [1.54, 1.807) is 6.20 Å². The van der Waals surface area contributed by atoms with Gasteiger partial charge in [0, 0.05) is 23.6 Å². The first-order chi connectivity index (χ1) is 7.75. The van der Waals surface area contributed by atoms with Crippen LogP contribution in [0.3, 0.4) is 0 Å². The lowest BCUT2D eigenvalue weighted by atomic mass is 10.1. The Labute approximate surface area is 98.6 Å². The Bertz CT molecular complexity index is 554. The van der Waals surface area contributed by atoms with E-state index in [9.17, 15) is 4.79 Å². The Kier molecular flexibility index (Phi) is 2.25. The van der Waals surface area contributed by atoms with Gasteiger partial charge >= 0.3 is 0 Å². The zero-order chi connectivity index (χ0) is 11.1. The highest BCUT2D eigenvalue weighted by atomic mass is 35.5. The first-order valence-corrected chi connectivity index (χ1v) is 5.92. The lowest BCUT2D eigenvalue weighted by molar-refractivity contribution is 0.0978. The lowest BCUT2D eigenvalue weighted by Crippen LogP contribution is -1.98. The topological polar surface area (TPSA) is 32.9 Å². The summed E-state index contributed by atoms with van der Waals surface area (Å²) in [6.07, 6.45) is 4.87. The molecule has 1 aliphatic rings. The van der Waals surface area contributed by atoms with Crippen LogP contribution in [-0.4, -0.2) is 10.8 Å². The number of halogens is 1. The van der Waals surface area contributed by atoms with Gasteiger partial charge in [0.2, 0.25) is 0 Å². The fourth-order valence-corrected chi connectivity index (χ4v) is 2.27. The molecule has 1 saturated carbocycles. The quantitative estimate of drug-likeness (QED) is 0.804. The minimum absolute atomic E-state index is 0.232. The summed E-state index contributed by atoms with van der Waals surface area (Å²) in [5, 5.41) is 1.61. The van der Waals surface area contributed by atoms with E-state index in [4.69, 9.17) is 11.6 Å². The fourth-order valence-electron chi connectivity index (χ4n) is 2.04. The van der Waals surface area contributed by atoms with Crippen LogP contribution in [0, 0.1) is 5.92 Å². The van der Waals surface area contributed by atoms with Crippen molar-refractivity contribution in [3.8, 4) is 0 Å². The standard InChI is InChI=1S/C13H12ClNO/c14-11-3-1-2-9-10(7-15-13(9)11)12(16)6-8-4-5-8/h1-3,7-8,15H,4-6H2. The minimum atomic E-state index is 0.232. The lowest BCUT2D eigenvalue weighted by Gasteiger charge is -1.98. The number of carbonyl (C=O) groups is 1. The molecular weight excluding hydrogens is 222 g/mol. The number of carbonyl (C=O) groups excluding carboxylic acids is 1. The van der Waals surface area contributed by atoms with Crippen LogP contribution in [0.4, 0.5) is 0 Å². The molecule has 0 atom stereocenters. The van der Waals surface area contributed by atoms with E-state index < -0.39 is 0 Å². The number of aromatic nitrogens is 1. The smallest absolute Gasteiger partial charge is 0.165 e.